The summed E-state index contributed by atoms with van der Waals surface area (Å²) in [5.41, 5.74) is 9.56. The van der Waals surface area contributed by atoms with Gasteiger partial charge in [0, 0.05) is 24.4 Å². The minimum absolute atomic E-state index is 0.568. The Labute approximate surface area is 114 Å². The van der Waals surface area contributed by atoms with Gasteiger partial charge in [-0.2, -0.15) is 0 Å². The summed E-state index contributed by atoms with van der Waals surface area (Å²) in [6.45, 7) is 0.568. The van der Waals surface area contributed by atoms with Gasteiger partial charge in [-0.3, -0.25) is 0 Å². The number of benzene rings is 1. The second-order valence-corrected chi connectivity index (χ2v) is 5.36. The smallest absolute Gasteiger partial charge is 0.0994 e. The minimum Gasteiger partial charge on any atom is -0.326 e. The Hall–Kier alpha value is -1.61. The van der Waals surface area contributed by atoms with Crippen LogP contribution in [0.2, 0.25) is 0 Å². The normalized spacial score (nSPS) is 16.7. The van der Waals surface area contributed by atoms with E-state index in [9.17, 15) is 0 Å². The molecular weight excluding hydrogens is 234 g/mol. The fourth-order valence-electron chi connectivity index (χ4n) is 3.13. The highest BCUT2D eigenvalue weighted by Gasteiger charge is 2.20. The number of para-hydroxylation sites is 1. The van der Waals surface area contributed by atoms with Crippen molar-refractivity contribution in [1.82, 2.24) is 9.55 Å². The second kappa shape index (κ2) is 5.57. The monoisotopic (exact) mass is 255 g/mol. The molecule has 3 heteroatoms. The van der Waals surface area contributed by atoms with Gasteiger partial charge in [-0.1, -0.05) is 37.5 Å². The molecule has 1 aromatic heterocycles. The quantitative estimate of drug-likeness (QED) is 0.913. The average molecular weight is 255 g/mol. The van der Waals surface area contributed by atoms with Crippen LogP contribution in [0, 0.1) is 0 Å². The maximum atomic E-state index is 5.85. The number of hydrogen-bond acceptors (Lipinski definition) is 2. The van der Waals surface area contributed by atoms with Crippen molar-refractivity contribution in [2.45, 2.75) is 44.6 Å². The van der Waals surface area contributed by atoms with Crippen LogP contribution in [0.5, 0.6) is 0 Å². The predicted octanol–water partition coefficient (Wildman–Crippen LogP) is 3.38. The Balaban J connectivity index is 1.99. The highest BCUT2D eigenvalue weighted by Crippen LogP contribution is 2.33. The summed E-state index contributed by atoms with van der Waals surface area (Å²) < 4.78 is 2.23. The predicted molar refractivity (Wildman–Crippen MR) is 77.3 cm³/mol. The summed E-state index contributed by atoms with van der Waals surface area (Å²) in [7, 11) is 0. The molecule has 100 valence electrons. The van der Waals surface area contributed by atoms with Gasteiger partial charge in [0.25, 0.3) is 0 Å². The second-order valence-electron chi connectivity index (χ2n) is 5.36. The molecule has 0 atom stereocenters. The van der Waals surface area contributed by atoms with Crippen molar-refractivity contribution in [1.29, 1.82) is 0 Å². The first-order valence-corrected chi connectivity index (χ1v) is 7.20. The van der Waals surface area contributed by atoms with Crippen LogP contribution in [0.1, 0.15) is 49.3 Å². The van der Waals surface area contributed by atoms with Crippen LogP contribution < -0.4 is 5.73 Å². The summed E-state index contributed by atoms with van der Waals surface area (Å²) in [6, 6.07) is 8.35. The molecule has 1 saturated carbocycles. The molecule has 1 heterocycles. The first-order valence-electron chi connectivity index (χ1n) is 7.20. The molecule has 1 aromatic carbocycles. The lowest BCUT2D eigenvalue weighted by Gasteiger charge is -2.23. The van der Waals surface area contributed by atoms with Crippen molar-refractivity contribution < 1.29 is 0 Å². The maximum absolute atomic E-state index is 5.85. The first kappa shape index (κ1) is 12.4. The molecule has 2 N–H and O–H groups in total. The molecule has 19 heavy (non-hydrogen) atoms. The van der Waals surface area contributed by atoms with E-state index >= 15 is 0 Å². The van der Waals surface area contributed by atoms with Gasteiger partial charge in [-0.25, -0.2) is 4.98 Å². The van der Waals surface area contributed by atoms with E-state index in [1.54, 1.807) is 0 Å². The number of nitrogens with two attached hydrogens (primary N) is 1. The summed E-state index contributed by atoms with van der Waals surface area (Å²) in [5.74, 6) is 0.655. The summed E-state index contributed by atoms with van der Waals surface area (Å²) in [6.07, 6.45) is 10.6. The van der Waals surface area contributed by atoms with E-state index in [2.05, 4.69) is 27.8 Å². The number of imidazole rings is 1. The number of hydrogen-bond donors (Lipinski definition) is 1. The van der Waals surface area contributed by atoms with E-state index in [4.69, 9.17) is 5.73 Å². The zero-order chi connectivity index (χ0) is 13.1. The Morgan fingerprint density at radius 2 is 1.95 bits per heavy atom. The van der Waals surface area contributed by atoms with E-state index in [1.807, 2.05) is 18.6 Å². The van der Waals surface area contributed by atoms with Gasteiger partial charge in [0.1, 0.15) is 0 Å². The topological polar surface area (TPSA) is 43.8 Å². The highest BCUT2D eigenvalue weighted by atomic mass is 15.1. The number of rotatable bonds is 3. The molecule has 3 rings (SSSR count). The molecule has 2 aromatic rings. The van der Waals surface area contributed by atoms with Crippen molar-refractivity contribution in [3.05, 3.63) is 48.0 Å². The zero-order valence-electron chi connectivity index (χ0n) is 11.3. The van der Waals surface area contributed by atoms with Crippen LogP contribution in [-0.4, -0.2) is 9.55 Å². The molecule has 0 amide bonds. The number of aromatic nitrogens is 2. The third-order valence-corrected chi connectivity index (χ3v) is 4.16. The van der Waals surface area contributed by atoms with Gasteiger partial charge in [0.2, 0.25) is 0 Å². The molecule has 0 spiro atoms. The van der Waals surface area contributed by atoms with Gasteiger partial charge in [-0.05, 0) is 24.5 Å². The van der Waals surface area contributed by atoms with Gasteiger partial charge >= 0.3 is 0 Å². The Bertz CT molecular complexity index is 538. The van der Waals surface area contributed by atoms with Crippen molar-refractivity contribution in [3.63, 3.8) is 0 Å². The van der Waals surface area contributed by atoms with E-state index in [0.717, 1.165) is 0 Å². The zero-order valence-corrected chi connectivity index (χ0v) is 11.3. The standard InChI is InChI=1S/C16H21N3/c17-10-14-8-4-5-9-15(14)19-12-18-11-16(19)13-6-2-1-3-7-13/h4-5,8-9,11-13H,1-3,6-7,10,17H2. The average Bonchev–Trinajstić information content (AvgIpc) is 2.97. The molecule has 3 nitrogen and oxygen atoms in total. The van der Waals surface area contributed by atoms with Crippen LogP contribution >= 0.6 is 0 Å². The molecule has 0 radical (unpaired) electrons. The first-order chi connectivity index (χ1) is 9.40. The van der Waals surface area contributed by atoms with Gasteiger partial charge < -0.3 is 10.3 Å². The van der Waals surface area contributed by atoms with E-state index < -0.39 is 0 Å². The van der Waals surface area contributed by atoms with Crippen LogP contribution in [0.4, 0.5) is 0 Å². The van der Waals surface area contributed by atoms with Gasteiger partial charge in [-0.15, -0.1) is 0 Å². The molecule has 0 aliphatic heterocycles. The fraction of sp³-hybridized carbons (Fsp3) is 0.438. The molecule has 0 saturated heterocycles. The SMILES string of the molecule is NCc1ccccc1-n1cncc1C1CCCCC1. The Morgan fingerprint density at radius 1 is 1.16 bits per heavy atom. The molecular formula is C16H21N3. The summed E-state index contributed by atoms with van der Waals surface area (Å²) in [5, 5.41) is 0. The fourth-order valence-corrected chi connectivity index (χ4v) is 3.13. The van der Waals surface area contributed by atoms with Gasteiger partial charge in [0.15, 0.2) is 0 Å². The molecule has 0 bridgehead atoms. The van der Waals surface area contributed by atoms with E-state index in [1.165, 1.54) is 49.0 Å². The van der Waals surface area contributed by atoms with Crippen LogP contribution in [0.15, 0.2) is 36.8 Å². The third kappa shape index (κ3) is 2.43. The van der Waals surface area contributed by atoms with E-state index in [0.29, 0.717) is 12.5 Å². The maximum Gasteiger partial charge on any atom is 0.0994 e. The van der Waals surface area contributed by atoms with Crippen LogP contribution in [0.25, 0.3) is 5.69 Å². The highest BCUT2D eigenvalue weighted by molar-refractivity contribution is 5.42. The van der Waals surface area contributed by atoms with Crippen LogP contribution in [-0.2, 0) is 6.54 Å². The van der Waals surface area contributed by atoms with Crippen molar-refractivity contribution in [3.8, 4) is 5.69 Å². The van der Waals surface area contributed by atoms with Gasteiger partial charge in [0.05, 0.1) is 12.0 Å². The molecule has 1 aliphatic rings. The number of nitrogens with zero attached hydrogens (tertiary/aromatic N) is 2. The van der Waals surface area contributed by atoms with Crippen molar-refractivity contribution in [2.24, 2.45) is 5.73 Å². The van der Waals surface area contributed by atoms with Crippen molar-refractivity contribution >= 4 is 0 Å². The van der Waals surface area contributed by atoms with E-state index in [-0.39, 0.29) is 0 Å². The van der Waals surface area contributed by atoms with Crippen molar-refractivity contribution in [2.75, 3.05) is 0 Å². The lowest BCUT2D eigenvalue weighted by Crippen LogP contribution is -2.11. The Kier molecular flexibility index (Phi) is 3.65. The molecule has 0 unspecified atom stereocenters. The third-order valence-electron chi connectivity index (χ3n) is 4.16. The lowest BCUT2D eigenvalue weighted by molar-refractivity contribution is 0.433. The minimum atomic E-state index is 0.568. The largest absolute Gasteiger partial charge is 0.326 e. The lowest BCUT2D eigenvalue weighted by atomic mass is 9.87. The summed E-state index contributed by atoms with van der Waals surface area (Å²) >= 11 is 0. The molecule has 1 aliphatic carbocycles. The summed E-state index contributed by atoms with van der Waals surface area (Å²) in [4.78, 5) is 4.37. The Morgan fingerprint density at radius 3 is 2.74 bits per heavy atom. The van der Waals surface area contributed by atoms with Crippen LogP contribution in [0.3, 0.4) is 0 Å². The molecule has 1 fully saturated rings.